The van der Waals surface area contributed by atoms with Crippen LogP contribution in [0, 0.1) is 5.92 Å². The van der Waals surface area contributed by atoms with Gasteiger partial charge in [0.05, 0.1) is 0 Å². The normalized spacial score (nSPS) is 29.9. The van der Waals surface area contributed by atoms with Crippen molar-refractivity contribution in [3.8, 4) is 0 Å². The van der Waals surface area contributed by atoms with E-state index in [4.69, 9.17) is 0 Å². The maximum absolute atomic E-state index is 4.21. The molecule has 1 heterocycles. The zero-order chi connectivity index (χ0) is 10.7. The Labute approximate surface area is 92.1 Å². The molecule has 1 fully saturated rings. The molecular formula is C13H20N2. The van der Waals surface area contributed by atoms with Gasteiger partial charge in [-0.2, -0.15) is 0 Å². The van der Waals surface area contributed by atoms with Crippen molar-refractivity contribution in [1.82, 2.24) is 10.3 Å². The quantitative estimate of drug-likeness (QED) is 0.815. The lowest BCUT2D eigenvalue weighted by atomic mass is 9.65. The van der Waals surface area contributed by atoms with Crippen LogP contribution in [-0.2, 0) is 0 Å². The molecule has 3 atom stereocenters. The van der Waals surface area contributed by atoms with E-state index >= 15 is 0 Å². The van der Waals surface area contributed by atoms with Crippen molar-refractivity contribution >= 4 is 0 Å². The number of aromatic nitrogens is 1. The van der Waals surface area contributed by atoms with Crippen LogP contribution in [-0.4, -0.2) is 17.6 Å². The number of hydrogen-bond acceptors (Lipinski definition) is 2. The lowest BCUT2D eigenvalue weighted by Gasteiger charge is -2.45. The van der Waals surface area contributed by atoms with E-state index in [0.29, 0.717) is 0 Å². The van der Waals surface area contributed by atoms with Crippen LogP contribution in [0.1, 0.15) is 38.2 Å². The van der Waals surface area contributed by atoms with E-state index in [-0.39, 0.29) is 0 Å². The molecule has 0 aromatic carbocycles. The van der Waals surface area contributed by atoms with E-state index in [1.165, 1.54) is 18.4 Å². The van der Waals surface area contributed by atoms with Gasteiger partial charge in [-0.25, -0.2) is 0 Å². The van der Waals surface area contributed by atoms with Gasteiger partial charge in [0.2, 0.25) is 0 Å². The van der Waals surface area contributed by atoms with Crippen LogP contribution in [0.25, 0.3) is 0 Å². The van der Waals surface area contributed by atoms with Crippen LogP contribution < -0.4 is 5.32 Å². The molecule has 1 N–H and O–H groups in total. The Morgan fingerprint density at radius 1 is 1.47 bits per heavy atom. The minimum Gasteiger partial charge on any atom is -0.314 e. The van der Waals surface area contributed by atoms with Crippen molar-refractivity contribution in [3.05, 3.63) is 30.1 Å². The predicted octanol–water partition coefficient (Wildman–Crippen LogP) is 2.57. The minimum atomic E-state index is 0.727. The van der Waals surface area contributed by atoms with E-state index in [0.717, 1.165) is 24.4 Å². The Kier molecular flexibility index (Phi) is 3.37. The average Bonchev–Trinajstić information content (AvgIpc) is 2.25. The summed E-state index contributed by atoms with van der Waals surface area (Å²) in [6.45, 7) is 5.56. The third-order valence-electron chi connectivity index (χ3n) is 3.59. The largest absolute Gasteiger partial charge is 0.314 e. The van der Waals surface area contributed by atoms with Gasteiger partial charge < -0.3 is 5.32 Å². The predicted molar refractivity (Wildman–Crippen MR) is 62.8 cm³/mol. The molecule has 1 aliphatic carbocycles. The Bertz CT molecular complexity index is 297. The molecule has 0 saturated heterocycles. The van der Waals surface area contributed by atoms with Crippen molar-refractivity contribution in [1.29, 1.82) is 0 Å². The molecule has 1 saturated carbocycles. The van der Waals surface area contributed by atoms with Crippen LogP contribution in [0.3, 0.4) is 0 Å². The average molecular weight is 204 g/mol. The Hall–Kier alpha value is -0.890. The summed E-state index contributed by atoms with van der Waals surface area (Å²) in [4.78, 5) is 4.21. The molecule has 2 heteroatoms. The van der Waals surface area contributed by atoms with Gasteiger partial charge in [0, 0.05) is 18.4 Å². The van der Waals surface area contributed by atoms with Crippen molar-refractivity contribution in [2.45, 2.75) is 38.6 Å². The monoisotopic (exact) mass is 204 g/mol. The van der Waals surface area contributed by atoms with E-state index in [1.807, 2.05) is 18.5 Å². The summed E-state index contributed by atoms with van der Waals surface area (Å²) in [5.41, 5.74) is 1.42. The topological polar surface area (TPSA) is 24.9 Å². The third kappa shape index (κ3) is 2.05. The van der Waals surface area contributed by atoms with E-state index in [1.54, 1.807) is 0 Å². The van der Waals surface area contributed by atoms with E-state index in [2.05, 4.69) is 30.2 Å². The molecule has 3 unspecified atom stereocenters. The highest BCUT2D eigenvalue weighted by Gasteiger charge is 2.39. The smallest absolute Gasteiger partial charge is 0.0302 e. The highest BCUT2D eigenvalue weighted by Crippen LogP contribution is 2.44. The summed E-state index contributed by atoms with van der Waals surface area (Å²) in [5, 5.41) is 3.56. The SMILES string of the molecule is CCNC1CC(c2cccnc2)C1CC. The Morgan fingerprint density at radius 3 is 2.93 bits per heavy atom. The minimum absolute atomic E-state index is 0.727. The van der Waals surface area contributed by atoms with Crippen LogP contribution in [0.2, 0.25) is 0 Å². The van der Waals surface area contributed by atoms with Crippen LogP contribution in [0.15, 0.2) is 24.5 Å². The Morgan fingerprint density at radius 2 is 2.33 bits per heavy atom. The number of rotatable bonds is 4. The third-order valence-corrected chi connectivity index (χ3v) is 3.59. The van der Waals surface area contributed by atoms with Gasteiger partial charge in [-0.3, -0.25) is 4.98 Å². The first-order valence-electron chi connectivity index (χ1n) is 6.00. The molecule has 1 aromatic heterocycles. The number of nitrogens with zero attached hydrogens (tertiary/aromatic N) is 1. The number of pyridine rings is 1. The van der Waals surface area contributed by atoms with Gasteiger partial charge in [0.25, 0.3) is 0 Å². The molecule has 2 nitrogen and oxygen atoms in total. The second-order valence-corrected chi connectivity index (χ2v) is 4.36. The lowest BCUT2D eigenvalue weighted by molar-refractivity contribution is 0.162. The highest BCUT2D eigenvalue weighted by atomic mass is 14.9. The van der Waals surface area contributed by atoms with Crippen LogP contribution in [0.4, 0.5) is 0 Å². The molecule has 15 heavy (non-hydrogen) atoms. The Balaban J connectivity index is 2.02. The first-order valence-corrected chi connectivity index (χ1v) is 6.00. The van der Waals surface area contributed by atoms with Gasteiger partial charge in [-0.1, -0.05) is 26.3 Å². The maximum Gasteiger partial charge on any atom is 0.0302 e. The standard InChI is InChI=1S/C13H20N2/c1-3-11-12(8-13(11)15-4-2)10-6-5-7-14-9-10/h5-7,9,11-13,15H,3-4,8H2,1-2H3. The molecule has 0 amide bonds. The fourth-order valence-corrected chi connectivity index (χ4v) is 2.75. The van der Waals surface area contributed by atoms with Gasteiger partial charge in [-0.05, 0) is 36.4 Å². The highest BCUT2D eigenvalue weighted by molar-refractivity contribution is 5.21. The van der Waals surface area contributed by atoms with Crippen molar-refractivity contribution in [3.63, 3.8) is 0 Å². The van der Waals surface area contributed by atoms with E-state index in [9.17, 15) is 0 Å². The van der Waals surface area contributed by atoms with Gasteiger partial charge >= 0.3 is 0 Å². The molecule has 0 radical (unpaired) electrons. The van der Waals surface area contributed by atoms with Crippen molar-refractivity contribution in [2.75, 3.05) is 6.54 Å². The van der Waals surface area contributed by atoms with Gasteiger partial charge in [0.1, 0.15) is 0 Å². The van der Waals surface area contributed by atoms with E-state index < -0.39 is 0 Å². The number of nitrogens with one attached hydrogen (secondary N) is 1. The summed E-state index contributed by atoms with van der Waals surface area (Å²) >= 11 is 0. The molecule has 1 aliphatic rings. The summed E-state index contributed by atoms with van der Waals surface area (Å²) in [5.74, 6) is 1.53. The second-order valence-electron chi connectivity index (χ2n) is 4.36. The molecule has 82 valence electrons. The lowest BCUT2D eigenvalue weighted by Crippen LogP contribution is -2.48. The van der Waals surface area contributed by atoms with Gasteiger partial charge in [-0.15, -0.1) is 0 Å². The zero-order valence-corrected chi connectivity index (χ0v) is 9.61. The number of hydrogen-bond donors (Lipinski definition) is 1. The summed E-state index contributed by atoms with van der Waals surface area (Å²) in [6, 6.07) is 4.98. The van der Waals surface area contributed by atoms with Crippen LogP contribution >= 0.6 is 0 Å². The summed E-state index contributed by atoms with van der Waals surface area (Å²) in [6.07, 6.45) is 6.41. The van der Waals surface area contributed by atoms with Crippen molar-refractivity contribution in [2.24, 2.45) is 5.92 Å². The maximum atomic E-state index is 4.21. The molecule has 0 aliphatic heterocycles. The summed E-state index contributed by atoms with van der Waals surface area (Å²) in [7, 11) is 0. The first-order chi connectivity index (χ1) is 7.36. The molecule has 0 spiro atoms. The zero-order valence-electron chi connectivity index (χ0n) is 9.61. The molecule has 1 aromatic rings. The second kappa shape index (κ2) is 4.75. The fraction of sp³-hybridized carbons (Fsp3) is 0.615. The van der Waals surface area contributed by atoms with Crippen LogP contribution in [0.5, 0.6) is 0 Å². The molecular weight excluding hydrogens is 184 g/mol. The molecule has 2 rings (SSSR count). The fourth-order valence-electron chi connectivity index (χ4n) is 2.75. The molecule has 0 bridgehead atoms. The summed E-state index contributed by atoms with van der Waals surface area (Å²) < 4.78 is 0. The van der Waals surface area contributed by atoms with Crippen molar-refractivity contribution < 1.29 is 0 Å². The van der Waals surface area contributed by atoms with Gasteiger partial charge in [0.15, 0.2) is 0 Å². The first kappa shape index (κ1) is 10.6.